The Kier molecular flexibility index (Phi) is 6.84. The summed E-state index contributed by atoms with van der Waals surface area (Å²) >= 11 is 6.09. The molecule has 2 aromatic rings. The van der Waals surface area contributed by atoms with Crippen molar-refractivity contribution in [1.82, 2.24) is 0 Å². The number of nitrogens with one attached hydrogen (secondary N) is 2. The molecule has 0 atom stereocenters. The van der Waals surface area contributed by atoms with Gasteiger partial charge in [0.25, 0.3) is 5.69 Å². The normalized spacial score (nSPS) is 10.2. The van der Waals surface area contributed by atoms with Crippen molar-refractivity contribution in [2.75, 3.05) is 31.4 Å². The molecule has 0 heterocycles. The maximum absolute atomic E-state index is 12.1. The molecule has 1 amide bonds. The standard InChI is InChI=1S/C18H20ClN3O5/c1-11-4-5-13(12(19)8-11)21-18(23)6-7-20-14-9-16(26-2)17(27-3)10-15(14)22(24)25/h4-5,8-10,20H,6-7H2,1-3H3,(H,21,23). The zero-order valence-corrected chi connectivity index (χ0v) is 15.9. The van der Waals surface area contributed by atoms with Crippen LogP contribution in [0.15, 0.2) is 30.3 Å². The van der Waals surface area contributed by atoms with Gasteiger partial charge in [-0.05, 0) is 24.6 Å². The van der Waals surface area contributed by atoms with Crippen LogP contribution in [0.3, 0.4) is 0 Å². The van der Waals surface area contributed by atoms with Crippen LogP contribution in [0.2, 0.25) is 5.02 Å². The summed E-state index contributed by atoms with van der Waals surface area (Å²) in [6, 6.07) is 8.05. The van der Waals surface area contributed by atoms with Crippen molar-refractivity contribution in [3.63, 3.8) is 0 Å². The summed E-state index contributed by atoms with van der Waals surface area (Å²) in [5.74, 6) is 0.333. The number of amides is 1. The van der Waals surface area contributed by atoms with E-state index in [1.807, 2.05) is 13.0 Å². The molecule has 0 aliphatic heterocycles. The first-order chi connectivity index (χ1) is 12.8. The van der Waals surface area contributed by atoms with Crippen LogP contribution < -0.4 is 20.1 Å². The molecule has 0 spiro atoms. The number of nitro benzene ring substituents is 1. The minimum atomic E-state index is -0.531. The van der Waals surface area contributed by atoms with E-state index in [1.165, 1.54) is 26.4 Å². The van der Waals surface area contributed by atoms with Crippen LogP contribution in [-0.2, 0) is 4.79 Å². The van der Waals surface area contributed by atoms with Crippen molar-refractivity contribution in [2.24, 2.45) is 0 Å². The van der Waals surface area contributed by atoms with Gasteiger partial charge in [-0.25, -0.2) is 0 Å². The minimum absolute atomic E-state index is 0.0930. The van der Waals surface area contributed by atoms with E-state index in [0.717, 1.165) is 5.56 Å². The number of anilines is 2. The van der Waals surface area contributed by atoms with Gasteiger partial charge in [-0.15, -0.1) is 0 Å². The molecular weight excluding hydrogens is 374 g/mol. The van der Waals surface area contributed by atoms with E-state index in [2.05, 4.69) is 10.6 Å². The Bertz CT molecular complexity index is 857. The van der Waals surface area contributed by atoms with E-state index in [9.17, 15) is 14.9 Å². The van der Waals surface area contributed by atoms with Crippen LogP contribution in [-0.4, -0.2) is 31.6 Å². The molecule has 0 fully saturated rings. The van der Waals surface area contributed by atoms with Crippen LogP contribution in [0, 0.1) is 17.0 Å². The van der Waals surface area contributed by atoms with Gasteiger partial charge in [0.2, 0.25) is 5.91 Å². The first kappa shape index (κ1) is 20.3. The lowest BCUT2D eigenvalue weighted by Gasteiger charge is -2.12. The number of carbonyl (C=O) groups excluding carboxylic acids is 1. The average molecular weight is 394 g/mol. The van der Waals surface area contributed by atoms with Crippen LogP contribution in [0.25, 0.3) is 0 Å². The maximum Gasteiger partial charge on any atom is 0.296 e. The molecule has 0 unspecified atom stereocenters. The van der Waals surface area contributed by atoms with Crippen LogP contribution in [0.4, 0.5) is 17.1 Å². The molecule has 144 valence electrons. The topological polar surface area (TPSA) is 103 Å². The fourth-order valence-electron chi connectivity index (χ4n) is 2.41. The average Bonchev–Trinajstić information content (AvgIpc) is 2.63. The lowest BCUT2D eigenvalue weighted by molar-refractivity contribution is -0.384. The SMILES string of the molecule is COc1cc(NCCC(=O)Nc2ccc(C)cc2Cl)c([N+](=O)[O-])cc1OC. The van der Waals surface area contributed by atoms with E-state index in [-0.39, 0.29) is 36.0 Å². The number of hydrogen-bond acceptors (Lipinski definition) is 6. The van der Waals surface area contributed by atoms with Gasteiger partial charge in [-0.2, -0.15) is 0 Å². The van der Waals surface area contributed by atoms with Crippen molar-refractivity contribution >= 4 is 34.6 Å². The van der Waals surface area contributed by atoms with Gasteiger partial charge >= 0.3 is 0 Å². The smallest absolute Gasteiger partial charge is 0.296 e. The highest BCUT2D eigenvalue weighted by molar-refractivity contribution is 6.33. The number of hydrogen-bond donors (Lipinski definition) is 2. The van der Waals surface area contributed by atoms with E-state index in [0.29, 0.717) is 16.5 Å². The van der Waals surface area contributed by atoms with Gasteiger partial charge in [0, 0.05) is 19.0 Å². The molecule has 0 bridgehead atoms. The van der Waals surface area contributed by atoms with Crippen molar-refractivity contribution in [3.8, 4) is 11.5 Å². The summed E-state index contributed by atoms with van der Waals surface area (Å²) in [5.41, 5.74) is 1.57. The number of rotatable bonds is 8. The number of benzene rings is 2. The lowest BCUT2D eigenvalue weighted by Crippen LogP contribution is -2.17. The largest absolute Gasteiger partial charge is 0.493 e. The Balaban J connectivity index is 2.03. The van der Waals surface area contributed by atoms with E-state index in [4.69, 9.17) is 21.1 Å². The third kappa shape index (κ3) is 5.24. The van der Waals surface area contributed by atoms with Crippen molar-refractivity contribution < 1.29 is 19.2 Å². The fourth-order valence-corrected chi connectivity index (χ4v) is 2.69. The number of nitro groups is 1. The number of carbonyl (C=O) groups is 1. The first-order valence-electron chi connectivity index (χ1n) is 8.06. The summed E-state index contributed by atoms with van der Waals surface area (Å²) in [6.45, 7) is 2.09. The molecule has 0 aromatic heterocycles. The predicted octanol–water partition coefficient (Wildman–Crippen LogP) is 4.01. The van der Waals surface area contributed by atoms with Crippen LogP contribution >= 0.6 is 11.6 Å². The summed E-state index contributed by atoms with van der Waals surface area (Å²) in [4.78, 5) is 22.8. The lowest BCUT2D eigenvalue weighted by atomic mass is 10.2. The fraction of sp³-hybridized carbons (Fsp3) is 0.278. The Morgan fingerprint density at radius 1 is 1.15 bits per heavy atom. The number of methoxy groups -OCH3 is 2. The molecule has 2 N–H and O–H groups in total. The molecule has 9 heteroatoms. The second-order valence-electron chi connectivity index (χ2n) is 5.69. The number of nitrogens with zero attached hydrogens (tertiary/aromatic N) is 1. The van der Waals surface area contributed by atoms with Crippen molar-refractivity contribution in [3.05, 3.63) is 51.0 Å². The summed E-state index contributed by atoms with van der Waals surface area (Å²) in [5, 5.41) is 17.3. The Morgan fingerprint density at radius 3 is 2.41 bits per heavy atom. The number of halogens is 1. The second kappa shape index (κ2) is 9.09. The number of ether oxygens (including phenoxy) is 2. The Morgan fingerprint density at radius 2 is 1.81 bits per heavy atom. The predicted molar refractivity (Wildman–Crippen MR) is 104 cm³/mol. The van der Waals surface area contributed by atoms with Gasteiger partial charge in [0.1, 0.15) is 5.69 Å². The molecular formula is C18H20ClN3O5. The quantitative estimate of drug-likeness (QED) is 0.518. The van der Waals surface area contributed by atoms with E-state index in [1.54, 1.807) is 12.1 Å². The molecule has 27 heavy (non-hydrogen) atoms. The molecule has 0 radical (unpaired) electrons. The third-order valence-corrected chi connectivity index (χ3v) is 4.08. The van der Waals surface area contributed by atoms with Gasteiger partial charge in [-0.1, -0.05) is 17.7 Å². The van der Waals surface area contributed by atoms with E-state index < -0.39 is 4.92 Å². The molecule has 8 nitrogen and oxygen atoms in total. The Labute approximate surface area is 161 Å². The van der Waals surface area contributed by atoms with Gasteiger partial charge in [0.15, 0.2) is 11.5 Å². The monoisotopic (exact) mass is 393 g/mol. The van der Waals surface area contributed by atoms with Crippen molar-refractivity contribution in [2.45, 2.75) is 13.3 Å². The minimum Gasteiger partial charge on any atom is -0.493 e. The van der Waals surface area contributed by atoms with Crippen LogP contribution in [0.5, 0.6) is 11.5 Å². The molecule has 0 saturated heterocycles. The highest BCUT2D eigenvalue weighted by Gasteiger charge is 2.19. The van der Waals surface area contributed by atoms with Crippen molar-refractivity contribution in [1.29, 1.82) is 0 Å². The van der Waals surface area contributed by atoms with Gasteiger partial charge in [-0.3, -0.25) is 14.9 Å². The van der Waals surface area contributed by atoms with Gasteiger partial charge < -0.3 is 20.1 Å². The summed E-state index contributed by atoms with van der Waals surface area (Å²) in [6.07, 6.45) is 0.0930. The maximum atomic E-state index is 12.1. The summed E-state index contributed by atoms with van der Waals surface area (Å²) in [7, 11) is 2.83. The number of aryl methyl sites for hydroxylation is 1. The summed E-state index contributed by atoms with van der Waals surface area (Å²) < 4.78 is 10.2. The highest BCUT2D eigenvalue weighted by Crippen LogP contribution is 2.37. The molecule has 0 aliphatic carbocycles. The first-order valence-corrected chi connectivity index (χ1v) is 8.43. The second-order valence-corrected chi connectivity index (χ2v) is 6.10. The molecule has 2 rings (SSSR count). The zero-order chi connectivity index (χ0) is 20.0. The van der Waals surface area contributed by atoms with Gasteiger partial charge in [0.05, 0.1) is 35.9 Å². The molecule has 2 aromatic carbocycles. The highest BCUT2D eigenvalue weighted by atomic mass is 35.5. The third-order valence-electron chi connectivity index (χ3n) is 3.76. The van der Waals surface area contributed by atoms with E-state index >= 15 is 0 Å². The van der Waals surface area contributed by atoms with Crippen LogP contribution in [0.1, 0.15) is 12.0 Å². The molecule has 0 aliphatic rings. The zero-order valence-electron chi connectivity index (χ0n) is 15.2. The molecule has 0 saturated carbocycles. The Hall–Kier alpha value is -3.00.